The molecule has 1 heterocycles. The van der Waals surface area contributed by atoms with Gasteiger partial charge in [-0.05, 0) is 26.1 Å². The highest BCUT2D eigenvalue weighted by atomic mass is 35.5. The van der Waals surface area contributed by atoms with Gasteiger partial charge in [-0.15, -0.1) is 12.4 Å². The molecule has 6 nitrogen and oxygen atoms in total. The summed E-state index contributed by atoms with van der Waals surface area (Å²) in [6, 6.07) is 6.37. The molecule has 0 bridgehead atoms. The lowest BCUT2D eigenvalue weighted by molar-refractivity contribution is -0.118. The Labute approximate surface area is 135 Å². The third-order valence-electron chi connectivity index (χ3n) is 3.15. The van der Waals surface area contributed by atoms with E-state index in [0.29, 0.717) is 11.3 Å². The van der Waals surface area contributed by atoms with E-state index in [0.717, 1.165) is 5.56 Å². The summed E-state index contributed by atoms with van der Waals surface area (Å²) in [4.78, 5) is 23.7. The zero-order valence-corrected chi connectivity index (χ0v) is 13.5. The van der Waals surface area contributed by atoms with E-state index in [4.69, 9.17) is 0 Å². The SMILES string of the molecule is CNC(C(=O)Nc1cccc(C(C)=O)c1)c1cnn(C)c1.Cl. The van der Waals surface area contributed by atoms with Crippen LogP contribution < -0.4 is 10.6 Å². The van der Waals surface area contributed by atoms with Crippen molar-refractivity contribution < 1.29 is 9.59 Å². The number of hydrogen-bond acceptors (Lipinski definition) is 4. The Morgan fingerprint density at radius 1 is 1.32 bits per heavy atom. The molecule has 0 fully saturated rings. The molecule has 0 saturated heterocycles. The monoisotopic (exact) mass is 322 g/mol. The minimum atomic E-state index is -0.500. The maximum Gasteiger partial charge on any atom is 0.246 e. The van der Waals surface area contributed by atoms with Gasteiger partial charge in [-0.25, -0.2) is 0 Å². The fourth-order valence-electron chi connectivity index (χ4n) is 2.07. The first-order valence-electron chi connectivity index (χ1n) is 6.59. The summed E-state index contributed by atoms with van der Waals surface area (Å²) in [6.45, 7) is 1.49. The Hall–Kier alpha value is -2.18. The van der Waals surface area contributed by atoms with Gasteiger partial charge in [0, 0.05) is 30.1 Å². The number of aryl methyl sites for hydroxylation is 1. The van der Waals surface area contributed by atoms with E-state index in [9.17, 15) is 9.59 Å². The van der Waals surface area contributed by atoms with Crippen molar-refractivity contribution in [3.05, 3.63) is 47.8 Å². The quantitative estimate of drug-likeness (QED) is 0.825. The number of likely N-dealkylation sites (N-methyl/N-ethyl adjacent to an activating group) is 1. The molecule has 1 unspecified atom stereocenters. The second kappa shape index (κ2) is 7.72. The first-order valence-corrected chi connectivity index (χ1v) is 6.59. The standard InChI is InChI=1S/C15H18N4O2.ClH/c1-10(20)11-5-4-6-13(7-11)18-15(21)14(16-2)12-8-17-19(3)9-12;/h4-9,14,16H,1-3H3,(H,18,21);1H. The first-order chi connectivity index (χ1) is 10.0. The molecule has 2 aromatic rings. The zero-order chi connectivity index (χ0) is 15.4. The summed E-state index contributed by atoms with van der Waals surface area (Å²) in [5.41, 5.74) is 1.94. The van der Waals surface area contributed by atoms with Crippen molar-refractivity contribution in [2.75, 3.05) is 12.4 Å². The molecule has 0 radical (unpaired) electrons. The van der Waals surface area contributed by atoms with Crippen LogP contribution in [0.4, 0.5) is 5.69 Å². The van der Waals surface area contributed by atoms with Crippen LogP contribution in [0.2, 0.25) is 0 Å². The Morgan fingerprint density at radius 3 is 2.59 bits per heavy atom. The van der Waals surface area contributed by atoms with Gasteiger partial charge in [0.1, 0.15) is 6.04 Å². The maximum atomic E-state index is 12.3. The van der Waals surface area contributed by atoms with E-state index in [1.807, 2.05) is 0 Å². The van der Waals surface area contributed by atoms with Crippen LogP contribution in [0.25, 0.3) is 0 Å². The molecule has 2 N–H and O–H groups in total. The highest BCUT2D eigenvalue weighted by Crippen LogP contribution is 2.16. The van der Waals surface area contributed by atoms with Crippen LogP contribution in [0.15, 0.2) is 36.7 Å². The number of carbonyl (C=O) groups excluding carboxylic acids is 2. The van der Waals surface area contributed by atoms with Crippen molar-refractivity contribution in [2.45, 2.75) is 13.0 Å². The van der Waals surface area contributed by atoms with Crippen molar-refractivity contribution in [1.82, 2.24) is 15.1 Å². The van der Waals surface area contributed by atoms with Crippen molar-refractivity contribution >= 4 is 29.8 Å². The minimum Gasteiger partial charge on any atom is -0.324 e. The van der Waals surface area contributed by atoms with Crippen LogP contribution in [0.1, 0.15) is 28.9 Å². The van der Waals surface area contributed by atoms with Crippen molar-refractivity contribution in [2.24, 2.45) is 7.05 Å². The predicted octanol–water partition coefficient (Wildman–Crippen LogP) is 1.94. The lowest BCUT2D eigenvalue weighted by Crippen LogP contribution is -2.30. The highest BCUT2D eigenvalue weighted by molar-refractivity contribution is 5.98. The number of hydrogen-bond donors (Lipinski definition) is 2. The summed E-state index contributed by atoms with van der Waals surface area (Å²) in [6.07, 6.45) is 3.43. The molecule has 118 valence electrons. The van der Waals surface area contributed by atoms with Gasteiger partial charge in [-0.3, -0.25) is 14.3 Å². The van der Waals surface area contributed by atoms with E-state index < -0.39 is 6.04 Å². The van der Waals surface area contributed by atoms with E-state index in [1.54, 1.807) is 55.4 Å². The van der Waals surface area contributed by atoms with Gasteiger partial charge in [0.25, 0.3) is 0 Å². The van der Waals surface area contributed by atoms with Crippen LogP contribution in [0.5, 0.6) is 0 Å². The number of aromatic nitrogens is 2. The molecule has 0 aliphatic rings. The van der Waals surface area contributed by atoms with Crippen LogP contribution in [-0.4, -0.2) is 28.5 Å². The molecule has 0 saturated carbocycles. The second-order valence-corrected chi connectivity index (χ2v) is 4.80. The Bertz CT molecular complexity index is 669. The summed E-state index contributed by atoms with van der Waals surface area (Å²) < 4.78 is 1.64. The van der Waals surface area contributed by atoms with Crippen molar-refractivity contribution in [1.29, 1.82) is 0 Å². The molecule has 2 rings (SSSR count). The van der Waals surface area contributed by atoms with Gasteiger partial charge in [-0.2, -0.15) is 5.10 Å². The van der Waals surface area contributed by atoms with Crippen LogP contribution in [0.3, 0.4) is 0 Å². The zero-order valence-electron chi connectivity index (χ0n) is 12.7. The topological polar surface area (TPSA) is 76.0 Å². The number of carbonyl (C=O) groups is 2. The number of nitrogens with zero attached hydrogens (tertiary/aromatic N) is 2. The van der Waals surface area contributed by atoms with Gasteiger partial charge in [0.15, 0.2) is 5.78 Å². The van der Waals surface area contributed by atoms with E-state index in [-0.39, 0.29) is 24.1 Å². The number of rotatable bonds is 5. The lowest BCUT2D eigenvalue weighted by Gasteiger charge is -2.14. The average Bonchev–Trinajstić information content (AvgIpc) is 2.86. The first kappa shape index (κ1) is 17.9. The Morgan fingerprint density at radius 2 is 2.05 bits per heavy atom. The molecule has 0 spiro atoms. The number of benzene rings is 1. The molecular weight excluding hydrogens is 304 g/mol. The minimum absolute atomic E-state index is 0. The van der Waals surface area contributed by atoms with Crippen LogP contribution in [-0.2, 0) is 11.8 Å². The summed E-state index contributed by atoms with van der Waals surface area (Å²) in [5.74, 6) is -0.241. The fourth-order valence-corrected chi connectivity index (χ4v) is 2.07. The van der Waals surface area contributed by atoms with Gasteiger partial charge >= 0.3 is 0 Å². The van der Waals surface area contributed by atoms with Gasteiger partial charge in [0.2, 0.25) is 5.91 Å². The number of Topliss-reactive ketones (excluding diaryl/α,β-unsaturated/α-hetero) is 1. The molecule has 22 heavy (non-hydrogen) atoms. The van der Waals surface area contributed by atoms with Crippen LogP contribution in [0, 0.1) is 0 Å². The van der Waals surface area contributed by atoms with E-state index >= 15 is 0 Å². The molecule has 1 aromatic heterocycles. The average molecular weight is 323 g/mol. The van der Waals surface area contributed by atoms with Gasteiger partial charge in [0.05, 0.1) is 6.20 Å². The fraction of sp³-hybridized carbons (Fsp3) is 0.267. The van der Waals surface area contributed by atoms with Gasteiger partial charge in [-0.1, -0.05) is 12.1 Å². The number of ketones is 1. The number of nitrogens with one attached hydrogen (secondary N) is 2. The molecule has 0 aliphatic heterocycles. The molecule has 0 aliphatic carbocycles. The largest absolute Gasteiger partial charge is 0.324 e. The smallest absolute Gasteiger partial charge is 0.246 e. The third kappa shape index (κ3) is 4.16. The van der Waals surface area contributed by atoms with Gasteiger partial charge < -0.3 is 10.6 Å². The van der Waals surface area contributed by atoms with E-state index in [1.165, 1.54) is 6.92 Å². The Kier molecular flexibility index (Phi) is 6.27. The summed E-state index contributed by atoms with van der Waals surface area (Å²) in [5, 5.41) is 9.83. The van der Waals surface area contributed by atoms with Crippen molar-refractivity contribution in [3.8, 4) is 0 Å². The Balaban J connectivity index is 0.00000242. The molecule has 1 aromatic carbocycles. The predicted molar refractivity (Wildman–Crippen MR) is 87.3 cm³/mol. The van der Waals surface area contributed by atoms with Crippen LogP contribution >= 0.6 is 12.4 Å². The molecule has 1 atom stereocenters. The molecule has 1 amide bonds. The van der Waals surface area contributed by atoms with Crippen molar-refractivity contribution in [3.63, 3.8) is 0 Å². The summed E-state index contributed by atoms with van der Waals surface area (Å²) >= 11 is 0. The molecular formula is C15H19ClN4O2. The number of anilines is 1. The lowest BCUT2D eigenvalue weighted by atomic mass is 10.1. The molecule has 7 heteroatoms. The third-order valence-corrected chi connectivity index (χ3v) is 3.15. The number of halogens is 1. The second-order valence-electron chi connectivity index (χ2n) is 4.80. The van der Waals surface area contributed by atoms with E-state index in [2.05, 4.69) is 15.7 Å². The number of amides is 1. The normalized spacial score (nSPS) is 11.4. The highest BCUT2D eigenvalue weighted by Gasteiger charge is 2.20. The maximum absolute atomic E-state index is 12.3. The summed E-state index contributed by atoms with van der Waals surface area (Å²) in [7, 11) is 3.51.